The SMILES string of the molecule is CNC(C(=O)Nc1ccc(OC)c(N2CCCC2=O)c1)c1cnn(C)c1.Cl. The van der Waals surface area contributed by atoms with Gasteiger partial charge in [0.15, 0.2) is 0 Å². The molecule has 2 N–H and O–H groups in total. The molecule has 0 saturated carbocycles. The number of rotatable bonds is 6. The van der Waals surface area contributed by atoms with E-state index in [4.69, 9.17) is 4.74 Å². The van der Waals surface area contributed by atoms with Crippen LogP contribution < -0.4 is 20.3 Å². The average Bonchev–Trinajstić information content (AvgIpc) is 3.24. The topological polar surface area (TPSA) is 88.5 Å². The maximum atomic E-state index is 12.7. The minimum atomic E-state index is -0.525. The van der Waals surface area contributed by atoms with E-state index in [1.54, 1.807) is 61.4 Å². The minimum Gasteiger partial charge on any atom is -0.495 e. The zero-order valence-electron chi connectivity index (χ0n) is 15.6. The molecule has 2 amide bonds. The van der Waals surface area contributed by atoms with Crippen molar-refractivity contribution in [2.24, 2.45) is 7.05 Å². The Morgan fingerprint density at radius 3 is 2.70 bits per heavy atom. The lowest BCUT2D eigenvalue weighted by molar-refractivity contribution is -0.118. The zero-order valence-corrected chi connectivity index (χ0v) is 16.4. The third-order valence-corrected chi connectivity index (χ3v) is 4.42. The number of hydrogen-bond acceptors (Lipinski definition) is 5. The van der Waals surface area contributed by atoms with Gasteiger partial charge in [-0.3, -0.25) is 14.3 Å². The number of nitrogens with zero attached hydrogens (tertiary/aromatic N) is 3. The van der Waals surface area contributed by atoms with Crippen LogP contribution in [0.5, 0.6) is 5.75 Å². The standard InChI is InChI=1S/C18H23N5O3.ClH/c1-19-17(12-10-20-22(2)11-12)18(25)21-13-6-7-15(26-3)14(9-13)23-8-4-5-16(23)24;/h6-7,9-11,17,19H,4-5,8H2,1-3H3,(H,21,25);1H. The first-order chi connectivity index (χ1) is 12.5. The van der Waals surface area contributed by atoms with Crippen molar-refractivity contribution in [3.05, 3.63) is 36.2 Å². The molecule has 1 aromatic heterocycles. The smallest absolute Gasteiger partial charge is 0.246 e. The number of halogens is 1. The highest BCUT2D eigenvalue weighted by Gasteiger charge is 2.26. The maximum Gasteiger partial charge on any atom is 0.246 e. The largest absolute Gasteiger partial charge is 0.495 e. The molecule has 27 heavy (non-hydrogen) atoms. The molecule has 1 fully saturated rings. The number of carbonyl (C=O) groups is 2. The summed E-state index contributed by atoms with van der Waals surface area (Å²) in [6.45, 7) is 0.654. The van der Waals surface area contributed by atoms with E-state index in [9.17, 15) is 9.59 Å². The van der Waals surface area contributed by atoms with Crippen LogP contribution in [0.15, 0.2) is 30.6 Å². The number of anilines is 2. The summed E-state index contributed by atoms with van der Waals surface area (Å²) in [5, 5.41) is 10.0. The molecule has 1 saturated heterocycles. The van der Waals surface area contributed by atoms with E-state index in [0.29, 0.717) is 30.1 Å². The van der Waals surface area contributed by atoms with Crippen LogP contribution in [0.3, 0.4) is 0 Å². The van der Waals surface area contributed by atoms with E-state index in [1.165, 1.54) is 0 Å². The van der Waals surface area contributed by atoms with Crippen LogP contribution >= 0.6 is 12.4 Å². The number of ether oxygens (including phenoxy) is 1. The number of nitrogens with one attached hydrogen (secondary N) is 2. The highest BCUT2D eigenvalue weighted by atomic mass is 35.5. The normalized spacial score (nSPS) is 14.6. The van der Waals surface area contributed by atoms with Crippen molar-refractivity contribution in [2.45, 2.75) is 18.9 Å². The van der Waals surface area contributed by atoms with Crippen LogP contribution in [0, 0.1) is 0 Å². The van der Waals surface area contributed by atoms with Gasteiger partial charge < -0.3 is 20.3 Å². The summed E-state index contributed by atoms with van der Waals surface area (Å²) in [6, 6.07) is 4.77. The minimum absolute atomic E-state index is 0. The number of carbonyl (C=O) groups excluding carboxylic acids is 2. The van der Waals surface area contributed by atoms with Gasteiger partial charge >= 0.3 is 0 Å². The van der Waals surface area contributed by atoms with Crippen LogP contribution in [0.1, 0.15) is 24.4 Å². The van der Waals surface area contributed by atoms with Gasteiger partial charge in [0.2, 0.25) is 11.8 Å². The van der Waals surface area contributed by atoms with Crippen molar-refractivity contribution in [3.8, 4) is 5.75 Å². The molecule has 2 aromatic rings. The van der Waals surface area contributed by atoms with Gasteiger partial charge in [0.1, 0.15) is 11.8 Å². The summed E-state index contributed by atoms with van der Waals surface area (Å²) in [4.78, 5) is 26.5. The Balaban J connectivity index is 0.00000261. The third-order valence-electron chi connectivity index (χ3n) is 4.42. The van der Waals surface area contributed by atoms with Crippen LogP contribution in [0.4, 0.5) is 11.4 Å². The molecule has 1 atom stereocenters. The quantitative estimate of drug-likeness (QED) is 0.782. The Labute approximate surface area is 164 Å². The number of hydrogen-bond donors (Lipinski definition) is 2. The molecule has 1 aliphatic rings. The van der Waals surface area contributed by atoms with Crippen molar-refractivity contribution in [1.82, 2.24) is 15.1 Å². The maximum absolute atomic E-state index is 12.7. The molecule has 0 radical (unpaired) electrons. The van der Waals surface area contributed by atoms with Crippen molar-refractivity contribution >= 4 is 35.6 Å². The average molecular weight is 394 g/mol. The van der Waals surface area contributed by atoms with Gasteiger partial charge in [0.05, 0.1) is 19.0 Å². The summed E-state index contributed by atoms with van der Waals surface area (Å²) in [5.41, 5.74) is 2.06. The molecule has 9 heteroatoms. The predicted octanol–water partition coefficient (Wildman–Crippen LogP) is 1.88. The molecule has 2 heterocycles. The first-order valence-corrected chi connectivity index (χ1v) is 8.48. The van der Waals surface area contributed by atoms with E-state index in [0.717, 1.165) is 12.0 Å². The Kier molecular flexibility index (Phi) is 6.81. The molecule has 0 bridgehead atoms. The lowest BCUT2D eigenvalue weighted by Crippen LogP contribution is -2.30. The zero-order chi connectivity index (χ0) is 18.7. The molecule has 0 spiro atoms. The Hall–Kier alpha value is -2.58. The number of aromatic nitrogens is 2. The highest BCUT2D eigenvalue weighted by Crippen LogP contribution is 2.34. The second kappa shape index (κ2) is 8.88. The van der Waals surface area contributed by atoms with Crippen LogP contribution in [0.2, 0.25) is 0 Å². The number of amides is 2. The van der Waals surface area contributed by atoms with Crippen molar-refractivity contribution in [3.63, 3.8) is 0 Å². The Bertz CT molecular complexity index is 823. The molecule has 8 nitrogen and oxygen atoms in total. The summed E-state index contributed by atoms with van der Waals surface area (Å²) < 4.78 is 7.03. The van der Waals surface area contributed by atoms with Crippen LogP contribution in [-0.2, 0) is 16.6 Å². The van der Waals surface area contributed by atoms with Crippen molar-refractivity contribution < 1.29 is 14.3 Å². The van der Waals surface area contributed by atoms with Gasteiger partial charge in [0.25, 0.3) is 0 Å². The summed E-state index contributed by atoms with van der Waals surface area (Å²) in [7, 11) is 5.09. The number of aryl methyl sites for hydroxylation is 1. The first-order valence-electron chi connectivity index (χ1n) is 8.48. The number of methoxy groups -OCH3 is 1. The van der Waals surface area contributed by atoms with Gasteiger partial charge in [-0.1, -0.05) is 0 Å². The molecule has 1 aliphatic heterocycles. The van der Waals surface area contributed by atoms with E-state index >= 15 is 0 Å². The molecule has 1 aromatic carbocycles. The summed E-state index contributed by atoms with van der Waals surface area (Å²) >= 11 is 0. The number of benzene rings is 1. The Morgan fingerprint density at radius 2 is 2.15 bits per heavy atom. The molecule has 0 aliphatic carbocycles. The monoisotopic (exact) mass is 393 g/mol. The van der Waals surface area contributed by atoms with Gasteiger partial charge in [-0.2, -0.15) is 5.10 Å². The fourth-order valence-corrected chi connectivity index (χ4v) is 3.13. The van der Waals surface area contributed by atoms with E-state index in [-0.39, 0.29) is 24.2 Å². The molecule has 3 rings (SSSR count). The summed E-state index contributed by atoms with van der Waals surface area (Å²) in [5.74, 6) is 0.468. The van der Waals surface area contributed by atoms with Crippen LogP contribution in [-0.4, -0.2) is 42.3 Å². The van der Waals surface area contributed by atoms with Gasteiger partial charge in [0, 0.05) is 37.5 Å². The van der Waals surface area contributed by atoms with Gasteiger partial charge in [-0.25, -0.2) is 0 Å². The fraction of sp³-hybridized carbons (Fsp3) is 0.389. The summed E-state index contributed by atoms with van der Waals surface area (Å²) in [6.07, 6.45) is 4.80. The van der Waals surface area contributed by atoms with E-state index in [2.05, 4.69) is 15.7 Å². The predicted molar refractivity (Wildman–Crippen MR) is 105 cm³/mol. The first kappa shape index (κ1) is 20.7. The third kappa shape index (κ3) is 4.40. The van der Waals surface area contributed by atoms with E-state index < -0.39 is 6.04 Å². The van der Waals surface area contributed by atoms with Gasteiger partial charge in [-0.05, 0) is 31.7 Å². The van der Waals surface area contributed by atoms with Crippen molar-refractivity contribution in [2.75, 3.05) is 30.9 Å². The Morgan fingerprint density at radius 1 is 1.37 bits per heavy atom. The highest BCUT2D eigenvalue weighted by molar-refractivity contribution is 5.99. The second-order valence-electron chi connectivity index (χ2n) is 6.19. The number of likely N-dealkylation sites (N-methyl/N-ethyl adjacent to an activating group) is 1. The second-order valence-corrected chi connectivity index (χ2v) is 6.19. The molecular formula is C18H24ClN5O3. The lowest BCUT2D eigenvalue weighted by atomic mass is 10.1. The van der Waals surface area contributed by atoms with Crippen molar-refractivity contribution in [1.29, 1.82) is 0 Å². The molecule has 146 valence electrons. The molecular weight excluding hydrogens is 370 g/mol. The fourth-order valence-electron chi connectivity index (χ4n) is 3.13. The van der Waals surface area contributed by atoms with Gasteiger partial charge in [-0.15, -0.1) is 12.4 Å². The lowest BCUT2D eigenvalue weighted by Gasteiger charge is -2.21. The van der Waals surface area contributed by atoms with E-state index in [1.807, 2.05) is 0 Å². The van der Waals surface area contributed by atoms with Crippen LogP contribution in [0.25, 0.3) is 0 Å². The molecule has 1 unspecified atom stereocenters.